The monoisotopic (exact) mass is 417 g/mol. The lowest BCUT2D eigenvalue weighted by Gasteiger charge is -2.31. The van der Waals surface area contributed by atoms with Crippen molar-refractivity contribution in [3.63, 3.8) is 0 Å². The Labute approximate surface area is 182 Å². The normalized spacial score (nSPS) is 20.9. The molecule has 5 rings (SSSR count). The first-order chi connectivity index (χ1) is 15.0. The summed E-state index contributed by atoms with van der Waals surface area (Å²) in [4.78, 5) is 15.4. The molecule has 1 aliphatic heterocycles. The van der Waals surface area contributed by atoms with Gasteiger partial charge in [0.2, 0.25) is 5.91 Å². The number of carbonyl (C=O) groups is 1. The Hall–Kier alpha value is -2.95. The van der Waals surface area contributed by atoms with Crippen LogP contribution in [0.15, 0.2) is 42.6 Å². The number of nitrogens with one attached hydrogen (secondary N) is 1. The smallest absolute Gasteiger partial charge is 0.226 e. The number of carbonyl (C=O) groups excluding carboxylic acids is 1. The number of hydrogen-bond acceptors (Lipinski definition) is 2. The van der Waals surface area contributed by atoms with E-state index in [4.69, 9.17) is 0 Å². The van der Waals surface area contributed by atoms with Crippen LogP contribution in [0, 0.1) is 25.6 Å². The number of aromatic amines is 1. The first-order valence-electron chi connectivity index (χ1n) is 11.2. The van der Waals surface area contributed by atoms with Crippen molar-refractivity contribution in [1.82, 2.24) is 15.1 Å². The molecule has 0 bridgehead atoms. The molecule has 0 saturated carbocycles. The van der Waals surface area contributed by atoms with Crippen LogP contribution in [-0.4, -0.2) is 33.6 Å². The Balaban J connectivity index is 1.31. The summed E-state index contributed by atoms with van der Waals surface area (Å²) < 4.78 is 13.3. The van der Waals surface area contributed by atoms with Crippen LogP contribution in [0.5, 0.6) is 0 Å². The Morgan fingerprint density at radius 2 is 1.84 bits per heavy atom. The van der Waals surface area contributed by atoms with E-state index in [1.165, 1.54) is 40.1 Å². The highest BCUT2D eigenvalue weighted by atomic mass is 19.1. The van der Waals surface area contributed by atoms with Crippen LogP contribution in [0.25, 0.3) is 11.1 Å². The molecule has 1 amide bonds. The summed E-state index contributed by atoms with van der Waals surface area (Å²) >= 11 is 0. The minimum atomic E-state index is -0.222. The second kappa shape index (κ2) is 7.95. The van der Waals surface area contributed by atoms with Crippen molar-refractivity contribution in [2.24, 2.45) is 5.92 Å². The van der Waals surface area contributed by atoms with Crippen molar-refractivity contribution in [3.8, 4) is 11.1 Å². The van der Waals surface area contributed by atoms with Crippen LogP contribution in [-0.2, 0) is 24.1 Å². The summed E-state index contributed by atoms with van der Waals surface area (Å²) in [6, 6.07) is 11.2. The van der Waals surface area contributed by atoms with Gasteiger partial charge in [0.1, 0.15) is 5.82 Å². The van der Waals surface area contributed by atoms with Crippen LogP contribution < -0.4 is 0 Å². The maximum atomic E-state index is 13.3. The third kappa shape index (κ3) is 3.78. The molecule has 5 heteroatoms. The van der Waals surface area contributed by atoms with Crippen molar-refractivity contribution in [2.45, 2.75) is 52.0 Å². The molecule has 3 aromatic rings. The number of aryl methyl sites for hydroxylation is 3. The molecule has 2 atom stereocenters. The van der Waals surface area contributed by atoms with Gasteiger partial charge in [0.05, 0.1) is 6.20 Å². The molecule has 1 N–H and O–H groups in total. The molecule has 2 aromatic carbocycles. The van der Waals surface area contributed by atoms with Crippen LogP contribution in [0.4, 0.5) is 4.39 Å². The number of fused-ring (bicyclic) bond motifs is 1. The van der Waals surface area contributed by atoms with Crippen molar-refractivity contribution < 1.29 is 9.18 Å². The highest BCUT2D eigenvalue weighted by Gasteiger charge is 2.37. The molecule has 1 unspecified atom stereocenters. The largest absolute Gasteiger partial charge is 0.339 e. The lowest BCUT2D eigenvalue weighted by atomic mass is 9.89. The predicted molar refractivity (Wildman–Crippen MR) is 119 cm³/mol. The molecule has 2 heterocycles. The molecule has 1 saturated heterocycles. The Kier molecular flexibility index (Phi) is 5.12. The Bertz CT molecular complexity index is 1090. The van der Waals surface area contributed by atoms with Gasteiger partial charge in [0.25, 0.3) is 0 Å². The summed E-state index contributed by atoms with van der Waals surface area (Å²) in [5, 5.41) is 7.24. The molecular formula is C26H28FN3O. The van der Waals surface area contributed by atoms with E-state index in [1.54, 1.807) is 0 Å². The standard InChI is InChI=1S/C26H28FN3O/c1-16-11-20(18-3-5-22(27)6-4-18)12-17(2)24(16)14-19-9-10-30(26(19)31)23-7-8-25-21(13-23)15-28-29-25/h3-6,11-12,15,19,23H,7-10,13-14H2,1-2H3,(H,28,29)/t19?,23-/m1/s1. The predicted octanol–water partition coefficient (Wildman–Crippen LogP) is 4.78. The highest BCUT2D eigenvalue weighted by Crippen LogP contribution is 2.32. The van der Waals surface area contributed by atoms with Gasteiger partial charge in [0, 0.05) is 24.2 Å². The van der Waals surface area contributed by atoms with Gasteiger partial charge in [-0.2, -0.15) is 5.10 Å². The summed E-state index contributed by atoms with van der Waals surface area (Å²) in [6.07, 6.45) is 6.52. The summed E-state index contributed by atoms with van der Waals surface area (Å²) in [5.74, 6) is 0.137. The van der Waals surface area contributed by atoms with Crippen LogP contribution in [0.3, 0.4) is 0 Å². The van der Waals surface area contributed by atoms with E-state index in [-0.39, 0.29) is 11.7 Å². The van der Waals surface area contributed by atoms with E-state index in [0.717, 1.165) is 49.8 Å². The van der Waals surface area contributed by atoms with Gasteiger partial charge < -0.3 is 4.90 Å². The van der Waals surface area contributed by atoms with E-state index in [0.29, 0.717) is 11.9 Å². The summed E-state index contributed by atoms with van der Waals surface area (Å²) in [6.45, 7) is 5.09. The number of nitrogens with zero attached hydrogens (tertiary/aromatic N) is 2. The minimum absolute atomic E-state index is 0.0554. The molecule has 1 fully saturated rings. The number of halogens is 1. The summed E-state index contributed by atoms with van der Waals surface area (Å²) in [5.41, 5.74) is 8.27. The molecule has 1 aromatic heterocycles. The average molecular weight is 418 g/mol. The molecular weight excluding hydrogens is 389 g/mol. The fourth-order valence-corrected chi connectivity index (χ4v) is 5.35. The SMILES string of the molecule is Cc1cc(-c2ccc(F)cc2)cc(C)c1CC1CCN([C@@H]2CCc3[nH]ncc3C2)C1=O. The van der Waals surface area contributed by atoms with Crippen molar-refractivity contribution in [3.05, 3.63) is 76.4 Å². The number of H-pyrrole nitrogens is 1. The second-order valence-corrected chi connectivity index (χ2v) is 9.09. The average Bonchev–Trinajstić information content (AvgIpc) is 3.37. The Morgan fingerprint density at radius 3 is 2.58 bits per heavy atom. The van der Waals surface area contributed by atoms with Gasteiger partial charge in [0.15, 0.2) is 0 Å². The van der Waals surface area contributed by atoms with Gasteiger partial charge in [-0.3, -0.25) is 9.89 Å². The van der Waals surface area contributed by atoms with Crippen molar-refractivity contribution in [2.75, 3.05) is 6.54 Å². The molecule has 0 radical (unpaired) electrons. The molecule has 4 nitrogen and oxygen atoms in total. The molecule has 0 spiro atoms. The number of benzene rings is 2. The fourth-order valence-electron chi connectivity index (χ4n) is 5.35. The van der Waals surface area contributed by atoms with Crippen LogP contribution in [0.2, 0.25) is 0 Å². The molecule has 1 aliphatic carbocycles. The van der Waals surface area contributed by atoms with E-state index in [2.05, 4.69) is 41.1 Å². The fraction of sp³-hybridized carbons (Fsp3) is 0.385. The number of hydrogen-bond donors (Lipinski definition) is 1. The maximum Gasteiger partial charge on any atom is 0.226 e. The quantitative estimate of drug-likeness (QED) is 0.664. The highest BCUT2D eigenvalue weighted by molar-refractivity contribution is 5.82. The second-order valence-electron chi connectivity index (χ2n) is 9.09. The Morgan fingerprint density at radius 1 is 1.10 bits per heavy atom. The number of aromatic nitrogens is 2. The van der Waals surface area contributed by atoms with Gasteiger partial charge in [-0.15, -0.1) is 0 Å². The maximum absolute atomic E-state index is 13.3. The number of rotatable bonds is 4. The van der Waals surface area contributed by atoms with Gasteiger partial charge in [-0.05, 0) is 91.5 Å². The number of amides is 1. The van der Waals surface area contributed by atoms with Crippen molar-refractivity contribution in [1.29, 1.82) is 0 Å². The third-order valence-electron chi connectivity index (χ3n) is 7.11. The van der Waals surface area contributed by atoms with E-state index in [9.17, 15) is 9.18 Å². The lowest BCUT2D eigenvalue weighted by molar-refractivity contribution is -0.133. The zero-order valence-corrected chi connectivity index (χ0v) is 18.1. The van der Waals surface area contributed by atoms with E-state index >= 15 is 0 Å². The van der Waals surface area contributed by atoms with Gasteiger partial charge in [-0.1, -0.05) is 24.3 Å². The lowest BCUT2D eigenvalue weighted by Crippen LogP contribution is -2.41. The zero-order chi connectivity index (χ0) is 21.5. The van der Waals surface area contributed by atoms with Crippen molar-refractivity contribution >= 4 is 5.91 Å². The van der Waals surface area contributed by atoms with Crippen LogP contribution in [0.1, 0.15) is 40.8 Å². The first-order valence-corrected chi connectivity index (χ1v) is 11.2. The van der Waals surface area contributed by atoms with Gasteiger partial charge >= 0.3 is 0 Å². The minimum Gasteiger partial charge on any atom is -0.339 e. The number of likely N-dealkylation sites (tertiary alicyclic amines) is 1. The summed E-state index contributed by atoms with van der Waals surface area (Å²) in [7, 11) is 0. The molecule has 160 valence electrons. The topological polar surface area (TPSA) is 49.0 Å². The van der Waals surface area contributed by atoms with Gasteiger partial charge in [-0.25, -0.2) is 4.39 Å². The first kappa shape index (κ1) is 20.0. The van der Waals surface area contributed by atoms with E-state index < -0.39 is 0 Å². The van der Waals surface area contributed by atoms with Crippen LogP contribution >= 0.6 is 0 Å². The zero-order valence-electron chi connectivity index (χ0n) is 18.1. The van der Waals surface area contributed by atoms with E-state index in [1.807, 2.05) is 18.3 Å². The molecule has 31 heavy (non-hydrogen) atoms. The third-order valence-corrected chi connectivity index (χ3v) is 7.11. The molecule has 2 aliphatic rings.